The molecule has 0 fully saturated rings. The molecule has 0 saturated heterocycles. The molecule has 0 amide bonds. The molecule has 0 aliphatic rings. The van der Waals surface area contributed by atoms with Crippen molar-refractivity contribution < 1.29 is 4.74 Å². The van der Waals surface area contributed by atoms with E-state index in [9.17, 15) is 0 Å². The van der Waals surface area contributed by atoms with Crippen molar-refractivity contribution in [2.24, 2.45) is 5.92 Å². The van der Waals surface area contributed by atoms with E-state index in [1.54, 1.807) is 7.11 Å². The lowest BCUT2D eigenvalue weighted by Gasteiger charge is -2.29. The molecule has 0 aromatic carbocycles. The van der Waals surface area contributed by atoms with Gasteiger partial charge < -0.3 is 4.74 Å². The molecule has 80 valence electrons. The lowest BCUT2D eigenvalue weighted by Crippen LogP contribution is -2.39. The summed E-state index contributed by atoms with van der Waals surface area (Å²) in [5.41, 5.74) is 0. The zero-order valence-electron chi connectivity index (χ0n) is 9.22. The Labute approximate surface area is 90.8 Å². The number of alkyl halides is 1. The van der Waals surface area contributed by atoms with Crippen molar-refractivity contribution in [3.8, 4) is 0 Å². The largest absolute Gasteiger partial charge is 0.383 e. The normalized spacial score (nSPS) is 16.2. The third-order valence-electron chi connectivity index (χ3n) is 2.25. The minimum atomic E-state index is 0.525. The molecule has 0 N–H and O–H groups in total. The first-order chi connectivity index (χ1) is 6.15. The smallest absolute Gasteiger partial charge is 0.0615 e. The Morgan fingerprint density at radius 3 is 2.38 bits per heavy atom. The van der Waals surface area contributed by atoms with Crippen LogP contribution in [0.2, 0.25) is 0 Å². The van der Waals surface area contributed by atoms with E-state index in [1.165, 1.54) is 0 Å². The van der Waals surface area contributed by atoms with Gasteiger partial charge in [0, 0.05) is 25.0 Å². The van der Waals surface area contributed by atoms with Crippen LogP contribution in [0.15, 0.2) is 0 Å². The average Bonchev–Trinajstić information content (AvgIpc) is 2.14. The first-order valence-corrected chi connectivity index (χ1v) is 6.06. The maximum absolute atomic E-state index is 5.15. The highest BCUT2D eigenvalue weighted by Crippen LogP contribution is 2.07. The van der Waals surface area contributed by atoms with Gasteiger partial charge in [-0.1, -0.05) is 29.8 Å². The second kappa shape index (κ2) is 7.77. The minimum absolute atomic E-state index is 0.525. The predicted octanol–water partition coefficient (Wildman–Crippen LogP) is 2.37. The molecule has 0 aliphatic carbocycles. The topological polar surface area (TPSA) is 12.5 Å². The molecule has 0 saturated carbocycles. The maximum Gasteiger partial charge on any atom is 0.0615 e. The Kier molecular flexibility index (Phi) is 8.01. The fourth-order valence-corrected chi connectivity index (χ4v) is 1.62. The van der Waals surface area contributed by atoms with E-state index in [2.05, 4.69) is 41.6 Å². The summed E-state index contributed by atoms with van der Waals surface area (Å²) in [5, 5.41) is 1.07. The fraction of sp³-hybridized carbons (Fsp3) is 1.00. The van der Waals surface area contributed by atoms with Gasteiger partial charge in [0.1, 0.15) is 0 Å². The molecule has 2 nitrogen and oxygen atoms in total. The first-order valence-electron chi connectivity index (χ1n) is 4.94. The van der Waals surface area contributed by atoms with Crippen molar-refractivity contribution in [3.05, 3.63) is 0 Å². The van der Waals surface area contributed by atoms with Gasteiger partial charge in [-0.15, -0.1) is 0 Å². The van der Waals surface area contributed by atoms with Crippen LogP contribution in [-0.4, -0.2) is 43.1 Å². The SMILES string of the molecule is CCN(CC(C)CBr)C(C)COC. The number of hydrogen-bond donors (Lipinski definition) is 0. The monoisotopic (exact) mass is 251 g/mol. The van der Waals surface area contributed by atoms with E-state index < -0.39 is 0 Å². The van der Waals surface area contributed by atoms with E-state index in [-0.39, 0.29) is 0 Å². The summed E-state index contributed by atoms with van der Waals surface area (Å²) in [5.74, 6) is 0.708. The Bertz CT molecular complexity index is 121. The van der Waals surface area contributed by atoms with Gasteiger partial charge in [0.25, 0.3) is 0 Å². The van der Waals surface area contributed by atoms with Crippen LogP contribution >= 0.6 is 15.9 Å². The molecule has 2 unspecified atom stereocenters. The van der Waals surface area contributed by atoms with Gasteiger partial charge in [-0.3, -0.25) is 4.90 Å². The van der Waals surface area contributed by atoms with Crippen LogP contribution in [0.5, 0.6) is 0 Å². The Morgan fingerprint density at radius 1 is 1.38 bits per heavy atom. The van der Waals surface area contributed by atoms with Gasteiger partial charge in [0.15, 0.2) is 0 Å². The third-order valence-corrected chi connectivity index (χ3v) is 3.35. The van der Waals surface area contributed by atoms with Crippen LogP contribution in [0.4, 0.5) is 0 Å². The second-order valence-corrected chi connectivity index (χ2v) is 4.30. The van der Waals surface area contributed by atoms with E-state index in [4.69, 9.17) is 4.74 Å². The summed E-state index contributed by atoms with van der Waals surface area (Å²) in [6.07, 6.45) is 0. The standard InChI is InChI=1S/C10H22BrNO/c1-5-12(7-9(2)6-11)10(3)8-13-4/h9-10H,5-8H2,1-4H3. The first kappa shape index (κ1) is 13.4. The lowest BCUT2D eigenvalue weighted by molar-refractivity contribution is 0.0956. The van der Waals surface area contributed by atoms with Gasteiger partial charge in [-0.2, -0.15) is 0 Å². The van der Waals surface area contributed by atoms with Crippen LogP contribution in [-0.2, 0) is 4.74 Å². The zero-order chi connectivity index (χ0) is 10.3. The minimum Gasteiger partial charge on any atom is -0.383 e. The van der Waals surface area contributed by atoms with Crippen LogP contribution in [0.1, 0.15) is 20.8 Å². The van der Waals surface area contributed by atoms with Gasteiger partial charge in [-0.25, -0.2) is 0 Å². The molecule has 0 aromatic rings. The van der Waals surface area contributed by atoms with Crippen LogP contribution in [0.3, 0.4) is 0 Å². The van der Waals surface area contributed by atoms with Gasteiger partial charge in [-0.05, 0) is 19.4 Å². The number of hydrogen-bond acceptors (Lipinski definition) is 2. The van der Waals surface area contributed by atoms with E-state index in [1.807, 2.05) is 0 Å². The zero-order valence-corrected chi connectivity index (χ0v) is 10.8. The second-order valence-electron chi connectivity index (χ2n) is 3.65. The summed E-state index contributed by atoms with van der Waals surface area (Å²) in [6.45, 7) is 9.75. The summed E-state index contributed by atoms with van der Waals surface area (Å²) >= 11 is 3.50. The summed E-state index contributed by atoms with van der Waals surface area (Å²) in [4.78, 5) is 2.45. The fourth-order valence-electron chi connectivity index (χ4n) is 1.42. The maximum atomic E-state index is 5.15. The number of halogens is 1. The number of rotatable bonds is 7. The number of nitrogens with zero attached hydrogens (tertiary/aromatic N) is 1. The summed E-state index contributed by atoms with van der Waals surface area (Å²) < 4.78 is 5.15. The van der Waals surface area contributed by atoms with Crippen molar-refractivity contribution in [1.29, 1.82) is 0 Å². The Balaban J connectivity index is 3.86. The molecule has 0 bridgehead atoms. The van der Waals surface area contributed by atoms with Crippen LogP contribution < -0.4 is 0 Å². The molecule has 0 spiro atoms. The van der Waals surface area contributed by atoms with E-state index >= 15 is 0 Å². The van der Waals surface area contributed by atoms with Crippen molar-refractivity contribution >= 4 is 15.9 Å². The third kappa shape index (κ3) is 5.66. The van der Waals surface area contributed by atoms with Crippen molar-refractivity contribution in [3.63, 3.8) is 0 Å². The lowest BCUT2D eigenvalue weighted by atomic mass is 10.2. The molecule has 13 heavy (non-hydrogen) atoms. The van der Waals surface area contributed by atoms with E-state index in [0.29, 0.717) is 12.0 Å². The number of ether oxygens (including phenoxy) is 1. The van der Waals surface area contributed by atoms with Gasteiger partial charge in [0.2, 0.25) is 0 Å². The molecule has 2 atom stereocenters. The number of methoxy groups -OCH3 is 1. The number of likely N-dealkylation sites (N-methyl/N-ethyl adjacent to an activating group) is 1. The highest BCUT2D eigenvalue weighted by Gasteiger charge is 2.13. The molecular formula is C10H22BrNO. The predicted molar refractivity (Wildman–Crippen MR) is 61.5 cm³/mol. The van der Waals surface area contributed by atoms with Gasteiger partial charge >= 0.3 is 0 Å². The van der Waals surface area contributed by atoms with Crippen molar-refractivity contribution in [2.75, 3.05) is 32.1 Å². The van der Waals surface area contributed by atoms with Gasteiger partial charge in [0.05, 0.1) is 6.61 Å². The van der Waals surface area contributed by atoms with Crippen LogP contribution in [0, 0.1) is 5.92 Å². The Hall–Kier alpha value is 0.400. The summed E-state index contributed by atoms with van der Waals surface area (Å²) in [7, 11) is 1.76. The molecule has 0 rings (SSSR count). The van der Waals surface area contributed by atoms with Crippen molar-refractivity contribution in [1.82, 2.24) is 4.90 Å². The molecule has 0 aromatic heterocycles. The quantitative estimate of drug-likeness (QED) is 0.645. The molecule has 3 heteroatoms. The Morgan fingerprint density at radius 2 is 2.00 bits per heavy atom. The molecule has 0 aliphatic heterocycles. The molecule has 0 heterocycles. The summed E-state index contributed by atoms with van der Waals surface area (Å²) in [6, 6.07) is 0.525. The highest BCUT2D eigenvalue weighted by molar-refractivity contribution is 9.09. The average molecular weight is 252 g/mol. The molecule has 0 radical (unpaired) electrons. The van der Waals surface area contributed by atoms with Crippen LogP contribution in [0.25, 0.3) is 0 Å². The highest BCUT2D eigenvalue weighted by atomic mass is 79.9. The van der Waals surface area contributed by atoms with E-state index in [0.717, 1.165) is 25.0 Å². The van der Waals surface area contributed by atoms with Crippen molar-refractivity contribution in [2.45, 2.75) is 26.8 Å². The molecular weight excluding hydrogens is 230 g/mol.